The molecule has 0 atom stereocenters. The molecule has 4 heteroatoms. The summed E-state index contributed by atoms with van der Waals surface area (Å²) in [4.78, 5) is 6.30. The van der Waals surface area contributed by atoms with Crippen LogP contribution in [0.15, 0.2) is 0 Å². The lowest BCUT2D eigenvalue weighted by Crippen LogP contribution is -2.15. The molecule has 1 aliphatic carbocycles. The molecule has 0 unspecified atom stereocenters. The van der Waals surface area contributed by atoms with Crippen LogP contribution >= 0.6 is 23.1 Å². The van der Waals surface area contributed by atoms with Crippen LogP contribution in [0.1, 0.15) is 55.6 Å². The van der Waals surface area contributed by atoms with Gasteiger partial charge in [0.05, 0.1) is 5.69 Å². The molecule has 0 aliphatic heterocycles. The Kier molecular flexibility index (Phi) is 5.52. The molecule has 1 aromatic heterocycles. The van der Waals surface area contributed by atoms with Crippen LogP contribution in [0.2, 0.25) is 0 Å². The van der Waals surface area contributed by atoms with Crippen LogP contribution in [0, 0.1) is 0 Å². The van der Waals surface area contributed by atoms with Crippen molar-refractivity contribution < 1.29 is 0 Å². The maximum atomic E-state index is 4.83. The number of nitrogens with zero attached hydrogens (tertiary/aromatic N) is 1. The Labute approximate surface area is 119 Å². The second kappa shape index (κ2) is 6.92. The molecule has 1 aromatic rings. The maximum absolute atomic E-state index is 4.83. The van der Waals surface area contributed by atoms with Crippen LogP contribution in [-0.2, 0) is 18.7 Å². The van der Waals surface area contributed by atoms with E-state index in [2.05, 4.69) is 26.1 Å². The highest BCUT2D eigenvalue weighted by Crippen LogP contribution is 2.27. The molecule has 1 heterocycles. The summed E-state index contributed by atoms with van der Waals surface area (Å²) < 4.78 is 0. The molecular formula is C14H24N2S2. The highest BCUT2D eigenvalue weighted by Gasteiger charge is 2.21. The summed E-state index contributed by atoms with van der Waals surface area (Å²) in [6.07, 6.45) is 5.04. The van der Waals surface area contributed by atoms with Gasteiger partial charge < -0.3 is 5.32 Å². The number of thiazole rings is 1. The van der Waals surface area contributed by atoms with Crippen molar-refractivity contribution in [3.05, 3.63) is 15.6 Å². The Bertz CT molecular complexity index is 370. The Morgan fingerprint density at radius 1 is 1.44 bits per heavy atom. The van der Waals surface area contributed by atoms with E-state index in [1.807, 2.05) is 23.1 Å². The van der Waals surface area contributed by atoms with Crippen LogP contribution in [0.3, 0.4) is 0 Å². The zero-order valence-electron chi connectivity index (χ0n) is 11.7. The zero-order chi connectivity index (χ0) is 13.0. The molecule has 0 spiro atoms. The normalized spacial score (nSPS) is 15.6. The SMILES string of the molecule is CCCc1nc(CSC(C)C)sc1CNC1CC1. The second-order valence-corrected chi connectivity index (χ2v) is 7.98. The molecule has 1 N–H and O–H groups in total. The van der Waals surface area contributed by atoms with E-state index in [0.717, 1.165) is 24.8 Å². The lowest BCUT2D eigenvalue weighted by molar-refractivity contribution is 0.686. The fourth-order valence-electron chi connectivity index (χ4n) is 1.83. The monoisotopic (exact) mass is 284 g/mol. The van der Waals surface area contributed by atoms with Crippen molar-refractivity contribution in [2.24, 2.45) is 0 Å². The van der Waals surface area contributed by atoms with Gasteiger partial charge >= 0.3 is 0 Å². The molecule has 0 amide bonds. The highest BCUT2D eigenvalue weighted by molar-refractivity contribution is 7.99. The molecule has 0 radical (unpaired) electrons. The number of hydrogen-bond donors (Lipinski definition) is 1. The van der Waals surface area contributed by atoms with E-state index in [1.54, 1.807) is 0 Å². The fourth-order valence-corrected chi connectivity index (χ4v) is 3.67. The Hall–Kier alpha value is -0.0600. The average molecular weight is 284 g/mol. The molecule has 18 heavy (non-hydrogen) atoms. The Morgan fingerprint density at radius 3 is 2.83 bits per heavy atom. The standard InChI is InChI=1S/C14H24N2S2/c1-4-5-12-13(8-15-11-6-7-11)18-14(16-12)9-17-10(2)3/h10-11,15H,4-9H2,1-3H3. The van der Waals surface area contributed by atoms with Crippen LogP contribution < -0.4 is 5.32 Å². The van der Waals surface area contributed by atoms with E-state index < -0.39 is 0 Å². The quantitative estimate of drug-likeness (QED) is 0.781. The first-order valence-corrected chi connectivity index (χ1v) is 8.88. The largest absolute Gasteiger partial charge is 0.309 e. The number of thioether (sulfide) groups is 1. The van der Waals surface area contributed by atoms with Gasteiger partial charge in [-0.25, -0.2) is 4.98 Å². The Balaban J connectivity index is 1.95. The summed E-state index contributed by atoms with van der Waals surface area (Å²) in [7, 11) is 0. The van der Waals surface area contributed by atoms with Gasteiger partial charge in [-0.1, -0.05) is 27.2 Å². The molecule has 102 valence electrons. The minimum atomic E-state index is 0.691. The third-order valence-corrected chi connectivity index (χ3v) is 5.37. The van der Waals surface area contributed by atoms with Crippen LogP contribution in [0.4, 0.5) is 0 Å². The van der Waals surface area contributed by atoms with Crippen molar-refractivity contribution in [2.75, 3.05) is 0 Å². The summed E-state index contributed by atoms with van der Waals surface area (Å²) in [6, 6.07) is 0.787. The van der Waals surface area contributed by atoms with Crippen LogP contribution in [0.25, 0.3) is 0 Å². The first-order chi connectivity index (χ1) is 8.69. The molecule has 0 saturated heterocycles. The lowest BCUT2D eigenvalue weighted by atomic mass is 10.2. The summed E-state index contributed by atoms with van der Waals surface area (Å²) in [5.41, 5.74) is 1.34. The summed E-state index contributed by atoms with van der Waals surface area (Å²) in [6.45, 7) is 7.77. The van der Waals surface area contributed by atoms with Gasteiger partial charge in [-0.2, -0.15) is 11.8 Å². The minimum absolute atomic E-state index is 0.691. The average Bonchev–Trinajstić information content (AvgIpc) is 3.07. The number of rotatable bonds is 8. The van der Waals surface area contributed by atoms with Gasteiger partial charge in [-0.05, 0) is 24.5 Å². The topological polar surface area (TPSA) is 24.9 Å². The highest BCUT2D eigenvalue weighted by atomic mass is 32.2. The molecule has 0 aromatic carbocycles. The molecule has 2 nitrogen and oxygen atoms in total. The van der Waals surface area contributed by atoms with E-state index >= 15 is 0 Å². The molecule has 2 rings (SSSR count). The first-order valence-electron chi connectivity index (χ1n) is 7.01. The van der Waals surface area contributed by atoms with E-state index in [-0.39, 0.29) is 0 Å². The first kappa shape index (κ1) is 14.4. The molecule has 0 bridgehead atoms. The summed E-state index contributed by atoms with van der Waals surface area (Å²) in [5.74, 6) is 1.07. The van der Waals surface area contributed by atoms with Crippen molar-refractivity contribution in [1.29, 1.82) is 0 Å². The maximum Gasteiger partial charge on any atom is 0.103 e. The zero-order valence-corrected chi connectivity index (χ0v) is 13.3. The predicted molar refractivity (Wildman–Crippen MR) is 82.4 cm³/mol. The van der Waals surface area contributed by atoms with Gasteiger partial charge in [0, 0.05) is 23.2 Å². The summed E-state index contributed by atoms with van der Waals surface area (Å²) >= 11 is 3.91. The van der Waals surface area contributed by atoms with Gasteiger partial charge in [-0.3, -0.25) is 0 Å². The smallest absolute Gasteiger partial charge is 0.103 e. The van der Waals surface area contributed by atoms with Crippen LogP contribution in [0.5, 0.6) is 0 Å². The van der Waals surface area contributed by atoms with Gasteiger partial charge in [0.2, 0.25) is 0 Å². The van der Waals surface area contributed by atoms with Crippen LogP contribution in [-0.4, -0.2) is 16.3 Å². The van der Waals surface area contributed by atoms with E-state index in [9.17, 15) is 0 Å². The third kappa shape index (κ3) is 4.56. The van der Waals surface area contributed by atoms with Gasteiger partial charge in [0.25, 0.3) is 0 Å². The van der Waals surface area contributed by atoms with E-state index in [0.29, 0.717) is 5.25 Å². The molecule has 1 aliphatic rings. The number of aryl methyl sites for hydroxylation is 1. The van der Waals surface area contributed by atoms with Crippen molar-refractivity contribution >= 4 is 23.1 Å². The van der Waals surface area contributed by atoms with Gasteiger partial charge in [0.15, 0.2) is 0 Å². The predicted octanol–water partition coefficient (Wildman–Crippen LogP) is 3.99. The minimum Gasteiger partial charge on any atom is -0.309 e. The molecule has 1 saturated carbocycles. The van der Waals surface area contributed by atoms with Gasteiger partial charge in [-0.15, -0.1) is 11.3 Å². The van der Waals surface area contributed by atoms with Gasteiger partial charge in [0.1, 0.15) is 5.01 Å². The molecule has 1 fully saturated rings. The Morgan fingerprint density at radius 2 is 2.22 bits per heavy atom. The van der Waals surface area contributed by atoms with E-state index in [4.69, 9.17) is 4.98 Å². The summed E-state index contributed by atoms with van der Waals surface area (Å²) in [5, 5.41) is 5.61. The van der Waals surface area contributed by atoms with E-state index in [1.165, 1.54) is 34.8 Å². The second-order valence-electron chi connectivity index (χ2n) is 5.24. The number of aromatic nitrogens is 1. The fraction of sp³-hybridized carbons (Fsp3) is 0.786. The van der Waals surface area contributed by atoms with Crippen molar-refractivity contribution in [3.63, 3.8) is 0 Å². The number of nitrogens with one attached hydrogen (secondary N) is 1. The van der Waals surface area contributed by atoms with Crippen molar-refractivity contribution in [1.82, 2.24) is 10.3 Å². The number of hydrogen-bond acceptors (Lipinski definition) is 4. The molecular weight excluding hydrogens is 260 g/mol. The van der Waals surface area contributed by atoms with Crippen molar-refractivity contribution in [3.8, 4) is 0 Å². The van der Waals surface area contributed by atoms with Crippen molar-refractivity contribution in [2.45, 2.75) is 70.0 Å². The lowest BCUT2D eigenvalue weighted by Gasteiger charge is -2.01. The third-order valence-electron chi connectivity index (χ3n) is 2.98.